The molecule has 9 heteroatoms. The molecule has 0 unspecified atom stereocenters. The van der Waals surface area contributed by atoms with Crippen LogP contribution in [-0.4, -0.2) is 50.8 Å². The van der Waals surface area contributed by atoms with Crippen LogP contribution in [0, 0.1) is 0 Å². The van der Waals surface area contributed by atoms with Crippen LogP contribution in [0.25, 0.3) is 0 Å². The maximum Gasteiger partial charge on any atom is 0.341 e. The molecule has 2 rings (SSSR count). The van der Waals surface area contributed by atoms with Crippen molar-refractivity contribution in [3.8, 4) is 0 Å². The number of ether oxygens (including phenoxy) is 3. The maximum atomic E-state index is 12.3. The number of anilines is 1. The van der Waals surface area contributed by atoms with Gasteiger partial charge in [-0.05, 0) is 25.8 Å². The molecule has 0 atom stereocenters. The number of carbonyl (C=O) groups is 3. The molecule has 1 aliphatic heterocycles. The highest BCUT2D eigenvalue weighted by Gasteiger charge is 2.34. The van der Waals surface area contributed by atoms with Crippen molar-refractivity contribution in [2.24, 2.45) is 0 Å². The van der Waals surface area contributed by atoms with Crippen LogP contribution in [0.5, 0.6) is 0 Å². The lowest BCUT2D eigenvalue weighted by atomic mass is 9.93. The zero-order valence-electron chi connectivity index (χ0n) is 15.4. The molecule has 0 radical (unpaired) electrons. The predicted molar refractivity (Wildman–Crippen MR) is 96.4 cm³/mol. The van der Waals surface area contributed by atoms with Crippen molar-refractivity contribution in [3.05, 3.63) is 16.0 Å². The number of methoxy groups -OCH3 is 2. The van der Waals surface area contributed by atoms with Gasteiger partial charge in [-0.25, -0.2) is 4.79 Å². The van der Waals surface area contributed by atoms with Crippen molar-refractivity contribution in [1.82, 2.24) is 5.32 Å². The zero-order chi connectivity index (χ0) is 19.3. The molecular weight excluding hydrogens is 360 g/mol. The fourth-order valence-electron chi connectivity index (χ4n) is 2.62. The molecular formula is C17H24N2O6S. The smallest absolute Gasteiger partial charge is 0.341 e. The van der Waals surface area contributed by atoms with Crippen molar-refractivity contribution in [2.75, 3.05) is 32.7 Å². The Morgan fingerprint density at radius 2 is 1.96 bits per heavy atom. The van der Waals surface area contributed by atoms with Crippen molar-refractivity contribution < 1.29 is 28.6 Å². The van der Waals surface area contributed by atoms with Gasteiger partial charge in [-0.3, -0.25) is 9.59 Å². The fourth-order valence-corrected chi connectivity index (χ4v) is 3.73. The summed E-state index contributed by atoms with van der Waals surface area (Å²) >= 11 is 1.23. The van der Waals surface area contributed by atoms with Gasteiger partial charge in [-0.1, -0.05) is 0 Å². The highest BCUT2D eigenvalue weighted by atomic mass is 32.1. The van der Waals surface area contributed by atoms with Gasteiger partial charge < -0.3 is 24.8 Å². The molecule has 26 heavy (non-hydrogen) atoms. The van der Waals surface area contributed by atoms with Gasteiger partial charge in [0.1, 0.15) is 5.00 Å². The second kappa shape index (κ2) is 8.61. The van der Waals surface area contributed by atoms with Crippen molar-refractivity contribution in [2.45, 2.75) is 38.9 Å². The molecule has 0 saturated heterocycles. The summed E-state index contributed by atoms with van der Waals surface area (Å²) in [7, 11) is 2.84. The Kier molecular flexibility index (Phi) is 6.74. The van der Waals surface area contributed by atoms with Crippen LogP contribution in [0.4, 0.5) is 5.00 Å². The van der Waals surface area contributed by atoms with E-state index in [1.165, 1.54) is 18.4 Å². The van der Waals surface area contributed by atoms with Crippen molar-refractivity contribution >= 4 is 34.1 Å². The predicted octanol–water partition coefficient (Wildman–Crippen LogP) is 1.48. The summed E-state index contributed by atoms with van der Waals surface area (Å²) in [6.45, 7) is 5.02. The molecule has 2 N–H and O–H groups in total. The lowest BCUT2D eigenvalue weighted by molar-refractivity contribution is -0.136. The molecule has 0 aromatic carbocycles. The van der Waals surface area contributed by atoms with Crippen molar-refractivity contribution in [3.63, 3.8) is 0 Å². The summed E-state index contributed by atoms with van der Waals surface area (Å²) in [6, 6.07) is 0. The number of amides is 2. The minimum Gasteiger partial charge on any atom is -0.465 e. The minimum absolute atomic E-state index is 0.296. The second-order valence-corrected chi connectivity index (χ2v) is 7.59. The third-order valence-corrected chi connectivity index (χ3v) is 5.04. The monoisotopic (exact) mass is 384 g/mol. The number of rotatable bonds is 6. The van der Waals surface area contributed by atoms with Crippen LogP contribution in [-0.2, 0) is 36.8 Å². The van der Waals surface area contributed by atoms with E-state index in [4.69, 9.17) is 14.2 Å². The van der Waals surface area contributed by atoms with Gasteiger partial charge in [-0.15, -0.1) is 11.3 Å². The molecule has 0 aliphatic carbocycles. The number of hydrogen-bond acceptors (Lipinski definition) is 7. The van der Waals surface area contributed by atoms with E-state index in [-0.39, 0.29) is 0 Å². The molecule has 0 spiro atoms. The molecule has 0 saturated carbocycles. The molecule has 0 fully saturated rings. The van der Waals surface area contributed by atoms with Gasteiger partial charge in [0.15, 0.2) is 0 Å². The van der Waals surface area contributed by atoms with Gasteiger partial charge in [-0.2, -0.15) is 0 Å². The third-order valence-electron chi connectivity index (χ3n) is 3.92. The minimum atomic E-state index is -0.827. The molecule has 144 valence electrons. The van der Waals surface area contributed by atoms with Crippen LogP contribution in [0.1, 0.15) is 41.1 Å². The first-order valence-electron chi connectivity index (χ1n) is 8.24. The summed E-state index contributed by atoms with van der Waals surface area (Å²) in [5.74, 6) is -2.14. The topological polar surface area (TPSA) is 103 Å². The van der Waals surface area contributed by atoms with E-state index in [1.54, 1.807) is 7.11 Å². The van der Waals surface area contributed by atoms with E-state index in [0.29, 0.717) is 43.2 Å². The van der Waals surface area contributed by atoms with Crippen molar-refractivity contribution in [1.29, 1.82) is 0 Å². The Morgan fingerprint density at radius 1 is 1.23 bits per heavy atom. The Bertz CT molecular complexity index is 698. The van der Waals surface area contributed by atoms with Crippen LogP contribution in [0.15, 0.2) is 0 Å². The second-order valence-electron chi connectivity index (χ2n) is 6.48. The summed E-state index contributed by atoms with van der Waals surface area (Å²) in [5, 5.41) is 5.34. The van der Waals surface area contributed by atoms with Crippen LogP contribution < -0.4 is 10.6 Å². The summed E-state index contributed by atoms with van der Waals surface area (Å²) < 4.78 is 15.5. The average molecular weight is 384 g/mol. The molecule has 2 heterocycles. The Balaban J connectivity index is 2.16. The third kappa shape index (κ3) is 4.80. The Morgan fingerprint density at radius 3 is 2.62 bits per heavy atom. The number of hydrogen-bond donors (Lipinski definition) is 2. The van der Waals surface area contributed by atoms with E-state index in [0.717, 1.165) is 10.4 Å². The van der Waals surface area contributed by atoms with Crippen LogP contribution in [0.3, 0.4) is 0 Å². The van der Waals surface area contributed by atoms with Crippen LogP contribution >= 0.6 is 11.3 Å². The number of carbonyl (C=O) groups excluding carboxylic acids is 3. The first-order valence-corrected chi connectivity index (χ1v) is 9.05. The fraction of sp³-hybridized carbons (Fsp3) is 0.588. The molecule has 1 aromatic rings. The quantitative estimate of drug-likeness (QED) is 0.437. The largest absolute Gasteiger partial charge is 0.465 e. The molecule has 2 amide bonds. The molecule has 0 bridgehead atoms. The summed E-state index contributed by atoms with van der Waals surface area (Å²) in [5.41, 5.74) is 0.676. The van der Waals surface area contributed by atoms with Gasteiger partial charge in [0.05, 0.1) is 24.9 Å². The summed E-state index contributed by atoms with van der Waals surface area (Å²) in [4.78, 5) is 37.2. The van der Waals surface area contributed by atoms with E-state index in [2.05, 4.69) is 10.6 Å². The van der Waals surface area contributed by atoms with Gasteiger partial charge >= 0.3 is 17.8 Å². The highest BCUT2D eigenvalue weighted by molar-refractivity contribution is 7.17. The molecule has 1 aliphatic rings. The normalized spacial score (nSPS) is 15.1. The first kappa shape index (κ1) is 20.3. The van der Waals surface area contributed by atoms with E-state index < -0.39 is 23.4 Å². The lowest BCUT2D eigenvalue weighted by Crippen LogP contribution is -2.36. The SMILES string of the molecule is COCCCNC(=O)C(=O)Nc1sc2c(c1C(=O)OC)CC(C)(C)OC2. The first-order chi connectivity index (χ1) is 12.3. The van der Waals surface area contributed by atoms with E-state index in [1.807, 2.05) is 13.8 Å². The van der Waals surface area contributed by atoms with Crippen LogP contribution in [0.2, 0.25) is 0 Å². The van der Waals surface area contributed by atoms with E-state index >= 15 is 0 Å². The Hall–Kier alpha value is -1.97. The maximum absolute atomic E-state index is 12.3. The van der Waals surface area contributed by atoms with Gasteiger partial charge in [0, 0.05) is 31.6 Å². The number of esters is 1. The van der Waals surface area contributed by atoms with E-state index in [9.17, 15) is 14.4 Å². The van der Waals surface area contributed by atoms with Gasteiger partial charge in [0.25, 0.3) is 0 Å². The number of nitrogens with one attached hydrogen (secondary N) is 2. The highest BCUT2D eigenvalue weighted by Crippen LogP contribution is 2.40. The summed E-state index contributed by atoms with van der Waals surface area (Å²) in [6.07, 6.45) is 1.12. The zero-order valence-corrected chi connectivity index (χ0v) is 16.2. The standard InChI is InChI=1S/C17H24N2O6S/c1-17(2)8-10-11(9-25-17)26-15(12(10)16(22)24-4)19-14(21)13(20)18-6-5-7-23-3/h5-9H2,1-4H3,(H,18,20)(H,19,21). The average Bonchev–Trinajstić information content (AvgIpc) is 2.93. The molecule has 1 aromatic heterocycles. The van der Waals surface area contributed by atoms with Gasteiger partial charge in [0.2, 0.25) is 0 Å². The molecule has 8 nitrogen and oxygen atoms in total. The Labute approximate surface area is 156 Å². The number of fused-ring (bicyclic) bond motifs is 1. The number of thiophene rings is 1. The lowest BCUT2D eigenvalue weighted by Gasteiger charge is -2.30.